The Hall–Kier alpha value is -4.61. The van der Waals surface area contributed by atoms with Crippen LogP contribution in [0.5, 0.6) is 11.5 Å². The van der Waals surface area contributed by atoms with Crippen LogP contribution in [0.1, 0.15) is 56.0 Å². The van der Waals surface area contributed by atoms with Crippen LogP contribution in [-0.4, -0.2) is 85.1 Å². The van der Waals surface area contributed by atoms with E-state index in [0.717, 1.165) is 40.8 Å². The first-order chi connectivity index (χ1) is 22.7. The van der Waals surface area contributed by atoms with Gasteiger partial charge in [0.25, 0.3) is 5.91 Å². The van der Waals surface area contributed by atoms with Gasteiger partial charge >= 0.3 is 5.97 Å². The van der Waals surface area contributed by atoms with Crippen LogP contribution in [0.15, 0.2) is 36.4 Å². The molecular weight excluding hydrogens is 602 g/mol. The van der Waals surface area contributed by atoms with E-state index in [2.05, 4.69) is 20.6 Å². The number of rotatable bonds is 7. The largest absolute Gasteiger partial charge is 0.493 e. The first-order valence-corrected chi connectivity index (χ1v) is 16.4. The number of nitrogens with zero attached hydrogens (tertiary/aromatic N) is 2. The molecule has 1 aliphatic heterocycles. The Kier molecular flexibility index (Phi) is 11.0. The summed E-state index contributed by atoms with van der Waals surface area (Å²) in [6.45, 7) is 4.58. The molecule has 2 bridgehead atoms. The molecule has 1 aromatic heterocycles. The summed E-state index contributed by atoms with van der Waals surface area (Å²) in [6.07, 6.45) is 3.73. The van der Waals surface area contributed by atoms with Crippen molar-refractivity contribution < 1.29 is 33.4 Å². The lowest BCUT2D eigenvalue weighted by Crippen LogP contribution is -2.46. The van der Waals surface area contributed by atoms with Crippen LogP contribution in [0.25, 0.3) is 11.0 Å². The zero-order valence-corrected chi connectivity index (χ0v) is 27.5. The molecule has 0 radical (unpaired) electrons. The number of fused-ring (bicyclic) bond motifs is 3. The average Bonchev–Trinajstić information content (AvgIpc) is 3.78. The van der Waals surface area contributed by atoms with Crippen molar-refractivity contribution in [3.63, 3.8) is 0 Å². The summed E-state index contributed by atoms with van der Waals surface area (Å²) in [5.41, 5.74) is 2.36. The highest BCUT2D eigenvalue weighted by molar-refractivity contribution is 5.83. The van der Waals surface area contributed by atoms with Gasteiger partial charge in [0.2, 0.25) is 11.8 Å². The number of carbonyl (C=O) groups excluding carboxylic acids is 4. The molecular formula is C35H45N5O7. The van der Waals surface area contributed by atoms with Crippen molar-refractivity contribution in [3.05, 3.63) is 53.3 Å². The Balaban J connectivity index is 1.35. The van der Waals surface area contributed by atoms with E-state index in [-0.39, 0.29) is 69.4 Å². The van der Waals surface area contributed by atoms with Gasteiger partial charge in [-0.05, 0) is 74.4 Å². The van der Waals surface area contributed by atoms with Crippen molar-refractivity contribution in [2.45, 2.75) is 58.8 Å². The van der Waals surface area contributed by atoms with Crippen molar-refractivity contribution in [2.75, 3.05) is 46.5 Å². The van der Waals surface area contributed by atoms with Crippen LogP contribution in [0, 0.1) is 18.3 Å². The molecule has 252 valence electrons. The molecule has 1 atom stereocenters. The topological polar surface area (TPSA) is 152 Å². The molecule has 47 heavy (non-hydrogen) atoms. The third-order valence-corrected chi connectivity index (χ3v) is 8.75. The van der Waals surface area contributed by atoms with Crippen LogP contribution in [0.2, 0.25) is 0 Å². The fourth-order valence-electron chi connectivity index (χ4n) is 6.18. The first-order valence-electron chi connectivity index (χ1n) is 16.4. The number of ether oxygens (including phenoxy) is 3. The predicted octanol–water partition coefficient (Wildman–Crippen LogP) is 3.25. The van der Waals surface area contributed by atoms with E-state index < -0.39 is 5.41 Å². The van der Waals surface area contributed by atoms with E-state index in [4.69, 9.17) is 14.2 Å². The van der Waals surface area contributed by atoms with Crippen LogP contribution < -0.4 is 20.1 Å². The zero-order chi connectivity index (χ0) is 33.4. The maximum Gasteiger partial charge on any atom is 0.314 e. The molecule has 2 aliphatic rings. The van der Waals surface area contributed by atoms with Crippen molar-refractivity contribution in [3.8, 4) is 11.5 Å². The molecule has 2 aromatic carbocycles. The highest BCUT2D eigenvalue weighted by Crippen LogP contribution is 2.43. The lowest BCUT2D eigenvalue weighted by Gasteiger charge is -2.32. The van der Waals surface area contributed by atoms with Gasteiger partial charge in [0, 0.05) is 32.6 Å². The van der Waals surface area contributed by atoms with Gasteiger partial charge in [-0.25, -0.2) is 4.98 Å². The SMILES string of the molecule is CCOC(=O)C1(CC2CC2)CNC(=O)CCCN(C(=O)Cc2ccc3nc(C)[nH]c3c2)CCNC(=O)COc2cc(ccc2OC)C1. The Morgan fingerprint density at radius 3 is 2.68 bits per heavy atom. The number of carbonyl (C=O) groups is 4. The summed E-state index contributed by atoms with van der Waals surface area (Å²) in [7, 11) is 1.52. The number of imidazole rings is 1. The number of hydrogen-bond donors (Lipinski definition) is 3. The summed E-state index contributed by atoms with van der Waals surface area (Å²) in [5, 5.41) is 5.86. The van der Waals surface area contributed by atoms with Gasteiger partial charge in [0.1, 0.15) is 5.82 Å². The van der Waals surface area contributed by atoms with Gasteiger partial charge in [-0.2, -0.15) is 0 Å². The zero-order valence-electron chi connectivity index (χ0n) is 27.5. The summed E-state index contributed by atoms with van der Waals surface area (Å²) in [5.74, 6) is 0.990. The lowest BCUT2D eigenvalue weighted by molar-refractivity contribution is -0.156. The van der Waals surface area contributed by atoms with Crippen LogP contribution in [-0.2, 0) is 36.8 Å². The van der Waals surface area contributed by atoms with Crippen molar-refractivity contribution in [1.82, 2.24) is 25.5 Å². The third kappa shape index (κ3) is 9.02. The van der Waals surface area contributed by atoms with Crippen molar-refractivity contribution >= 4 is 34.7 Å². The Labute approximate surface area is 274 Å². The Morgan fingerprint density at radius 1 is 1.09 bits per heavy atom. The van der Waals surface area contributed by atoms with E-state index in [9.17, 15) is 19.2 Å². The molecule has 0 spiro atoms. The molecule has 2 heterocycles. The van der Waals surface area contributed by atoms with Gasteiger partial charge in [-0.1, -0.05) is 25.0 Å². The molecule has 1 saturated carbocycles. The smallest absolute Gasteiger partial charge is 0.314 e. The second kappa shape index (κ2) is 15.3. The normalized spacial score (nSPS) is 19.9. The molecule has 3 N–H and O–H groups in total. The molecule has 1 unspecified atom stereocenters. The number of nitrogens with one attached hydrogen (secondary N) is 3. The number of H-pyrrole nitrogens is 1. The van der Waals surface area contributed by atoms with E-state index in [0.29, 0.717) is 43.2 Å². The number of aromatic nitrogens is 2. The number of methoxy groups -OCH3 is 1. The summed E-state index contributed by atoms with van der Waals surface area (Å²) in [4.78, 5) is 62.3. The molecule has 3 amide bonds. The monoisotopic (exact) mass is 647 g/mol. The number of benzene rings is 2. The van der Waals surface area contributed by atoms with Crippen molar-refractivity contribution in [2.24, 2.45) is 11.3 Å². The quantitative estimate of drug-likeness (QED) is 0.331. The minimum Gasteiger partial charge on any atom is -0.493 e. The molecule has 12 heteroatoms. The van der Waals surface area contributed by atoms with E-state index in [1.807, 2.05) is 31.2 Å². The Bertz CT molecular complexity index is 1600. The molecule has 0 saturated heterocycles. The minimum atomic E-state index is -0.974. The van der Waals surface area contributed by atoms with Gasteiger partial charge in [-0.3, -0.25) is 19.2 Å². The Morgan fingerprint density at radius 2 is 1.91 bits per heavy atom. The van der Waals surface area contributed by atoms with E-state index in [1.54, 1.807) is 24.0 Å². The second-order valence-electron chi connectivity index (χ2n) is 12.6. The maximum atomic E-state index is 13.6. The molecule has 12 nitrogen and oxygen atoms in total. The van der Waals surface area contributed by atoms with Gasteiger partial charge < -0.3 is 34.7 Å². The fraction of sp³-hybridized carbons (Fsp3) is 0.514. The number of esters is 1. The number of hydrogen-bond acceptors (Lipinski definition) is 8. The predicted molar refractivity (Wildman–Crippen MR) is 175 cm³/mol. The highest BCUT2D eigenvalue weighted by Gasteiger charge is 2.44. The number of amides is 3. The van der Waals surface area contributed by atoms with Crippen LogP contribution >= 0.6 is 0 Å². The van der Waals surface area contributed by atoms with Gasteiger partial charge in [0.15, 0.2) is 18.1 Å². The highest BCUT2D eigenvalue weighted by atomic mass is 16.5. The number of aromatic amines is 1. The second-order valence-corrected chi connectivity index (χ2v) is 12.6. The van der Waals surface area contributed by atoms with Gasteiger partial charge in [-0.15, -0.1) is 0 Å². The molecule has 3 aromatic rings. The standard InChI is InChI=1S/C35H45N5O7/c1-4-46-34(44)35(19-24-7-8-24)20-26-10-12-29(45-3)30(17-26)47-21-32(42)36-13-15-40(14-5-6-31(41)37-22-35)33(43)18-25-9-11-27-28(16-25)39-23(2)38-27/h9-12,16-17,24H,4-8,13-15,18-22H2,1-3H3,(H,36,42)(H,37,41)(H,38,39). The first kappa shape index (κ1) is 33.7. The summed E-state index contributed by atoms with van der Waals surface area (Å²) in [6, 6.07) is 11.1. The van der Waals surface area contributed by atoms with E-state index >= 15 is 0 Å². The lowest BCUT2D eigenvalue weighted by atomic mass is 9.76. The third-order valence-electron chi connectivity index (χ3n) is 8.75. The molecule has 1 fully saturated rings. The summed E-state index contributed by atoms with van der Waals surface area (Å²) >= 11 is 0. The molecule has 5 rings (SSSR count). The summed E-state index contributed by atoms with van der Waals surface area (Å²) < 4.78 is 17.0. The average molecular weight is 648 g/mol. The maximum absolute atomic E-state index is 13.6. The number of aryl methyl sites for hydroxylation is 1. The van der Waals surface area contributed by atoms with Crippen LogP contribution in [0.4, 0.5) is 0 Å². The fourth-order valence-corrected chi connectivity index (χ4v) is 6.18. The van der Waals surface area contributed by atoms with Gasteiger partial charge in [0.05, 0.1) is 36.6 Å². The van der Waals surface area contributed by atoms with Crippen molar-refractivity contribution in [1.29, 1.82) is 0 Å². The van der Waals surface area contributed by atoms with E-state index in [1.165, 1.54) is 7.11 Å². The minimum absolute atomic E-state index is 0.117. The van der Waals surface area contributed by atoms with Crippen LogP contribution in [0.3, 0.4) is 0 Å². The molecule has 1 aliphatic carbocycles.